The zero-order valence-corrected chi connectivity index (χ0v) is 11.6. The van der Waals surface area contributed by atoms with Gasteiger partial charge in [0.1, 0.15) is 0 Å². The SMILES string of the molecule is COCCn1ncc(Cl)c1CCNCC(C)C. The third-order valence-electron chi connectivity index (χ3n) is 2.50. The van der Waals surface area contributed by atoms with Gasteiger partial charge < -0.3 is 10.1 Å². The quantitative estimate of drug-likeness (QED) is 0.726. The molecule has 0 unspecified atom stereocenters. The number of nitrogens with one attached hydrogen (secondary N) is 1. The maximum absolute atomic E-state index is 6.11. The summed E-state index contributed by atoms with van der Waals surface area (Å²) in [6.07, 6.45) is 2.60. The van der Waals surface area contributed by atoms with E-state index in [0.717, 1.165) is 36.8 Å². The van der Waals surface area contributed by atoms with Gasteiger partial charge in [-0.05, 0) is 12.5 Å². The zero-order valence-electron chi connectivity index (χ0n) is 10.9. The van der Waals surface area contributed by atoms with E-state index in [2.05, 4.69) is 24.3 Å². The van der Waals surface area contributed by atoms with Gasteiger partial charge in [0, 0.05) is 20.1 Å². The van der Waals surface area contributed by atoms with Gasteiger partial charge in [-0.15, -0.1) is 0 Å². The number of halogens is 1. The molecule has 1 aromatic heterocycles. The third kappa shape index (κ3) is 5.06. The highest BCUT2D eigenvalue weighted by Crippen LogP contribution is 2.15. The van der Waals surface area contributed by atoms with Gasteiger partial charge in [0.05, 0.1) is 30.1 Å². The maximum atomic E-state index is 6.11. The molecule has 17 heavy (non-hydrogen) atoms. The fourth-order valence-electron chi connectivity index (χ4n) is 1.60. The van der Waals surface area contributed by atoms with Gasteiger partial charge in [0.2, 0.25) is 0 Å². The molecule has 98 valence electrons. The highest BCUT2D eigenvalue weighted by Gasteiger charge is 2.08. The van der Waals surface area contributed by atoms with Crippen LogP contribution in [-0.2, 0) is 17.7 Å². The van der Waals surface area contributed by atoms with Crippen molar-refractivity contribution in [2.75, 3.05) is 26.8 Å². The van der Waals surface area contributed by atoms with E-state index in [0.29, 0.717) is 12.5 Å². The Morgan fingerprint density at radius 3 is 2.94 bits per heavy atom. The normalized spacial score (nSPS) is 11.4. The van der Waals surface area contributed by atoms with Crippen LogP contribution in [0.25, 0.3) is 0 Å². The van der Waals surface area contributed by atoms with E-state index in [9.17, 15) is 0 Å². The predicted octanol–water partition coefficient (Wildman–Crippen LogP) is 1.97. The number of aromatic nitrogens is 2. The van der Waals surface area contributed by atoms with Crippen molar-refractivity contribution in [3.05, 3.63) is 16.9 Å². The van der Waals surface area contributed by atoms with E-state index in [4.69, 9.17) is 16.3 Å². The Balaban J connectivity index is 2.42. The third-order valence-corrected chi connectivity index (χ3v) is 2.81. The van der Waals surface area contributed by atoms with E-state index in [-0.39, 0.29) is 0 Å². The van der Waals surface area contributed by atoms with Crippen molar-refractivity contribution < 1.29 is 4.74 Å². The number of hydrogen-bond acceptors (Lipinski definition) is 3. The monoisotopic (exact) mass is 259 g/mol. The molecule has 0 aliphatic heterocycles. The van der Waals surface area contributed by atoms with Crippen LogP contribution in [-0.4, -0.2) is 36.6 Å². The smallest absolute Gasteiger partial charge is 0.0818 e. The van der Waals surface area contributed by atoms with E-state index >= 15 is 0 Å². The van der Waals surface area contributed by atoms with Crippen LogP contribution in [0.15, 0.2) is 6.20 Å². The Morgan fingerprint density at radius 1 is 1.53 bits per heavy atom. The van der Waals surface area contributed by atoms with Crippen LogP contribution in [0.1, 0.15) is 19.5 Å². The average molecular weight is 260 g/mol. The summed E-state index contributed by atoms with van der Waals surface area (Å²) in [5, 5.41) is 8.39. The second kappa shape index (κ2) is 7.69. The largest absolute Gasteiger partial charge is 0.383 e. The molecular weight excluding hydrogens is 238 g/mol. The highest BCUT2D eigenvalue weighted by atomic mass is 35.5. The van der Waals surface area contributed by atoms with E-state index in [1.165, 1.54) is 0 Å². The molecule has 0 saturated heterocycles. The van der Waals surface area contributed by atoms with Gasteiger partial charge in [-0.25, -0.2) is 0 Å². The van der Waals surface area contributed by atoms with Crippen molar-refractivity contribution >= 4 is 11.6 Å². The average Bonchev–Trinajstić information content (AvgIpc) is 2.63. The summed E-state index contributed by atoms with van der Waals surface area (Å²) in [5.41, 5.74) is 1.08. The lowest BCUT2D eigenvalue weighted by atomic mass is 10.2. The van der Waals surface area contributed by atoms with Gasteiger partial charge in [0.15, 0.2) is 0 Å². The van der Waals surface area contributed by atoms with Gasteiger partial charge in [-0.3, -0.25) is 4.68 Å². The Kier molecular flexibility index (Phi) is 6.55. The molecule has 5 heteroatoms. The Labute approximate surface area is 108 Å². The number of rotatable bonds is 8. The first kappa shape index (κ1) is 14.5. The van der Waals surface area contributed by atoms with Crippen LogP contribution in [0.2, 0.25) is 5.02 Å². The Bertz CT molecular complexity index is 326. The second-order valence-electron chi connectivity index (χ2n) is 4.50. The number of nitrogens with zero attached hydrogens (tertiary/aromatic N) is 2. The van der Waals surface area contributed by atoms with Crippen molar-refractivity contribution in [2.45, 2.75) is 26.8 Å². The first-order valence-corrected chi connectivity index (χ1v) is 6.42. The van der Waals surface area contributed by atoms with Crippen LogP contribution >= 0.6 is 11.6 Å². The minimum Gasteiger partial charge on any atom is -0.383 e. The van der Waals surface area contributed by atoms with Crippen molar-refractivity contribution in [3.63, 3.8) is 0 Å². The minimum atomic E-state index is 0.657. The fraction of sp³-hybridized carbons (Fsp3) is 0.750. The van der Waals surface area contributed by atoms with Crippen molar-refractivity contribution in [3.8, 4) is 0 Å². The Morgan fingerprint density at radius 2 is 2.29 bits per heavy atom. The summed E-state index contributed by atoms with van der Waals surface area (Å²) < 4.78 is 6.97. The van der Waals surface area contributed by atoms with E-state index in [1.54, 1.807) is 13.3 Å². The minimum absolute atomic E-state index is 0.657. The Hall–Kier alpha value is -0.580. The van der Waals surface area contributed by atoms with Crippen molar-refractivity contribution in [2.24, 2.45) is 5.92 Å². The summed E-state index contributed by atoms with van der Waals surface area (Å²) in [5.74, 6) is 0.670. The molecule has 0 aliphatic carbocycles. The molecule has 4 nitrogen and oxygen atoms in total. The molecule has 0 bridgehead atoms. The molecule has 0 atom stereocenters. The van der Waals surface area contributed by atoms with Crippen LogP contribution in [0.4, 0.5) is 0 Å². The summed E-state index contributed by atoms with van der Waals surface area (Å²) in [7, 11) is 1.69. The molecule has 1 rings (SSSR count). The molecule has 0 aliphatic rings. The molecule has 0 aromatic carbocycles. The highest BCUT2D eigenvalue weighted by molar-refractivity contribution is 6.31. The molecule has 1 N–H and O–H groups in total. The van der Waals surface area contributed by atoms with Crippen LogP contribution < -0.4 is 5.32 Å². The summed E-state index contributed by atoms with van der Waals surface area (Å²) in [6, 6.07) is 0. The van der Waals surface area contributed by atoms with Crippen LogP contribution in [0.3, 0.4) is 0 Å². The van der Waals surface area contributed by atoms with Gasteiger partial charge >= 0.3 is 0 Å². The number of methoxy groups -OCH3 is 1. The lowest BCUT2D eigenvalue weighted by Crippen LogP contribution is -2.23. The maximum Gasteiger partial charge on any atom is 0.0818 e. The first-order valence-electron chi connectivity index (χ1n) is 6.05. The van der Waals surface area contributed by atoms with E-state index < -0.39 is 0 Å². The number of ether oxygens (including phenoxy) is 1. The van der Waals surface area contributed by atoms with Gasteiger partial charge in [-0.2, -0.15) is 5.10 Å². The zero-order chi connectivity index (χ0) is 12.7. The van der Waals surface area contributed by atoms with Gasteiger partial charge in [0.25, 0.3) is 0 Å². The molecule has 0 fully saturated rings. The molecule has 0 radical (unpaired) electrons. The van der Waals surface area contributed by atoms with Crippen LogP contribution in [0.5, 0.6) is 0 Å². The molecule has 0 amide bonds. The van der Waals surface area contributed by atoms with Crippen LogP contribution in [0, 0.1) is 5.92 Å². The summed E-state index contributed by atoms with van der Waals surface area (Å²) >= 11 is 6.11. The van der Waals surface area contributed by atoms with Gasteiger partial charge in [-0.1, -0.05) is 25.4 Å². The standard InChI is InChI=1S/C12H22ClN3O/c1-10(2)8-14-5-4-12-11(13)9-15-16(12)6-7-17-3/h9-10,14H,4-8H2,1-3H3. The molecule has 1 aromatic rings. The first-order chi connectivity index (χ1) is 8.15. The lowest BCUT2D eigenvalue weighted by molar-refractivity contribution is 0.182. The predicted molar refractivity (Wildman–Crippen MR) is 70.5 cm³/mol. The molecule has 0 saturated carbocycles. The molecular formula is C12H22ClN3O. The summed E-state index contributed by atoms with van der Waals surface area (Å²) in [6.45, 7) is 7.76. The topological polar surface area (TPSA) is 39.1 Å². The van der Waals surface area contributed by atoms with Crippen molar-refractivity contribution in [1.29, 1.82) is 0 Å². The lowest BCUT2D eigenvalue weighted by Gasteiger charge is -2.09. The van der Waals surface area contributed by atoms with E-state index in [1.807, 2.05) is 4.68 Å². The fourth-order valence-corrected chi connectivity index (χ4v) is 1.84. The van der Waals surface area contributed by atoms with Crippen molar-refractivity contribution in [1.82, 2.24) is 15.1 Å². The second-order valence-corrected chi connectivity index (χ2v) is 4.91. The molecule has 1 heterocycles. The summed E-state index contributed by atoms with van der Waals surface area (Å²) in [4.78, 5) is 0. The molecule has 0 spiro atoms. The number of hydrogen-bond donors (Lipinski definition) is 1.